The van der Waals surface area contributed by atoms with Crippen LogP contribution in [0.15, 0.2) is 63.6 Å². The van der Waals surface area contributed by atoms with Gasteiger partial charge >= 0.3 is 5.97 Å². The van der Waals surface area contributed by atoms with Gasteiger partial charge in [0.1, 0.15) is 11.5 Å². The number of benzene rings is 2. The fraction of sp³-hybridized carbons (Fsp3) is 0.150. The molecule has 0 aliphatic carbocycles. The molecule has 0 saturated heterocycles. The van der Waals surface area contributed by atoms with Gasteiger partial charge in [0.2, 0.25) is 0 Å². The molecule has 27 heavy (non-hydrogen) atoms. The van der Waals surface area contributed by atoms with Gasteiger partial charge in [-0.05, 0) is 17.7 Å². The van der Waals surface area contributed by atoms with Crippen LogP contribution in [0.1, 0.15) is 23.4 Å². The Morgan fingerprint density at radius 2 is 1.89 bits per heavy atom. The number of carbonyl (C=O) groups is 1. The SMILES string of the molecule is O=C(CCc1cc(Cl)no1)Oc1ccc2c(Cc3ccccc3)noc2c1. The largest absolute Gasteiger partial charge is 0.426 e. The number of hydrogen-bond donors (Lipinski definition) is 0. The first-order valence-electron chi connectivity index (χ1n) is 8.41. The summed E-state index contributed by atoms with van der Waals surface area (Å²) in [5, 5.41) is 8.87. The van der Waals surface area contributed by atoms with Gasteiger partial charge in [-0.2, -0.15) is 0 Å². The molecule has 2 aromatic heterocycles. The van der Waals surface area contributed by atoms with E-state index < -0.39 is 0 Å². The van der Waals surface area contributed by atoms with Crippen molar-refractivity contribution in [1.29, 1.82) is 0 Å². The van der Waals surface area contributed by atoms with Gasteiger partial charge in [-0.3, -0.25) is 4.79 Å². The maximum Gasteiger partial charge on any atom is 0.311 e. The van der Waals surface area contributed by atoms with E-state index in [0.717, 1.165) is 16.6 Å². The van der Waals surface area contributed by atoms with Crippen LogP contribution < -0.4 is 4.74 Å². The third-order valence-electron chi connectivity index (χ3n) is 4.07. The molecule has 0 aliphatic rings. The zero-order chi connectivity index (χ0) is 18.6. The van der Waals surface area contributed by atoms with E-state index in [9.17, 15) is 4.79 Å². The number of nitrogens with zero attached hydrogens (tertiary/aromatic N) is 2. The van der Waals surface area contributed by atoms with Crippen LogP contribution in [0.2, 0.25) is 5.15 Å². The van der Waals surface area contributed by atoms with E-state index in [2.05, 4.69) is 10.3 Å². The number of hydrogen-bond acceptors (Lipinski definition) is 6. The van der Waals surface area contributed by atoms with Crippen LogP contribution in [-0.2, 0) is 17.6 Å². The Hall–Kier alpha value is -3.12. The monoisotopic (exact) mass is 382 g/mol. The van der Waals surface area contributed by atoms with E-state index in [0.29, 0.717) is 29.9 Å². The number of esters is 1. The zero-order valence-electron chi connectivity index (χ0n) is 14.2. The summed E-state index contributed by atoms with van der Waals surface area (Å²) in [5.41, 5.74) is 2.57. The molecule has 0 amide bonds. The standard InChI is InChI=1S/C20H15ClN2O4/c21-19-12-15(26-23-19)7-9-20(24)25-14-6-8-16-17(22-27-18(16)11-14)10-13-4-2-1-3-5-13/h1-6,8,11-12H,7,9-10H2. The average molecular weight is 383 g/mol. The van der Waals surface area contributed by atoms with Gasteiger partial charge in [0, 0.05) is 30.4 Å². The molecule has 6 nitrogen and oxygen atoms in total. The van der Waals surface area contributed by atoms with Crippen molar-refractivity contribution in [3.8, 4) is 5.75 Å². The molecule has 136 valence electrons. The van der Waals surface area contributed by atoms with E-state index in [-0.39, 0.29) is 17.5 Å². The number of ether oxygens (including phenoxy) is 1. The minimum atomic E-state index is -0.383. The lowest BCUT2D eigenvalue weighted by atomic mass is 10.1. The molecule has 0 saturated carbocycles. The van der Waals surface area contributed by atoms with Crippen molar-refractivity contribution in [2.75, 3.05) is 0 Å². The van der Waals surface area contributed by atoms with Gasteiger partial charge < -0.3 is 13.8 Å². The molecule has 0 N–H and O–H groups in total. The van der Waals surface area contributed by atoms with Crippen molar-refractivity contribution in [3.05, 3.63) is 76.8 Å². The zero-order valence-corrected chi connectivity index (χ0v) is 15.0. The molecule has 0 fully saturated rings. The quantitative estimate of drug-likeness (QED) is 0.358. The van der Waals surface area contributed by atoms with Crippen LogP contribution in [0.25, 0.3) is 11.0 Å². The smallest absolute Gasteiger partial charge is 0.311 e. The Balaban J connectivity index is 1.42. The highest BCUT2D eigenvalue weighted by atomic mass is 35.5. The van der Waals surface area contributed by atoms with Crippen molar-refractivity contribution < 1.29 is 18.6 Å². The molecule has 7 heteroatoms. The van der Waals surface area contributed by atoms with Crippen molar-refractivity contribution in [1.82, 2.24) is 10.3 Å². The molecule has 4 aromatic rings. The van der Waals surface area contributed by atoms with Gasteiger partial charge in [-0.25, -0.2) is 0 Å². The molecule has 0 spiro atoms. The number of halogens is 1. The highest BCUT2D eigenvalue weighted by Crippen LogP contribution is 2.25. The number of aryl methyl sites for hydroxylation is 1. The molecule has 0 aliphatic heterocycles. The van der Waals surface area contributed by atoms with E-state index in [1.54, 1.807) is 18.2 Å². The van der Waals surface area contributed by atoms with Gasteiger partial charge in [-0.15, -0.1) is 0 Å². The normalized spacial score (nSPS) is 11.0. The van der Waals surface area contributed by atoms with Crippen LogP contribution in [0.4, 0.5) is 0 Å². The lowest BCUT2D eigenvalue weighted by Crippen LogP contribution is -2.08. The molecule has 0 bridgehead atoms. The number of aromatic nitrogens is 2. The predicted octanol–water partition coefficient (Wildman–Crippen LogP) is 4.60. The first kappa shape index (κ1) is 17.3. The highest BCUT2D eigenvalue weighted by molar-refractivity contribution is 6.29. The van der Waals surface area contributed by atoms with Gasteiger partial charge in [0.25, 0.3) is 0 Å². The lowest BCUT2D eigenvalue weighted by molar-refractivity contribution is -0.134. The third kappa shape index (κ3) is 4.17. The fourth-order valence-corrected chi connectivity index (χ4v) is 2.92. The summed E-state index contributed by atoms with van der Waals surface area (Å²) >= 11 is 5.68. The summed E-state index contributed by atoms with van der Waals surface area (Å²) in [5.74, 6) is 0.560. The van der Waals surface area contributed by atoms with Gasteiger partial charge in [-0.1, -0.05) is 52.2 Å². The van der Waals surface area contributed by atoms with Crippen LogP contribution in [0, 0.1) is 0 Å². The average Bonchev–Trinajstić information content (AvgIpc) is 3.27. The van der Waals surface area contributed by atoms with Crippen LogP contribution in [0.5, 0.6) is 5.75 Å². The molecule has 2 aromatic carbocycles. The van der Waals surface area contributed by atoms with E-state index >= 15 is 0 Å². The Labute approximate surface area is 159 Å². The second-order valence-electron chi connectivity index (χ2n) is 6.04. The van der Waals surface area contributed by atoms with Crippen LogP contribution in [0.3, 0.4) is 0 Å². The lowest BCUT2D eigenvalue weighted by Gasteiger charge is -2.03. The van der Waals surface area contributed by atoms with E-state index in [4.69, 9.17) is 25.4 Å². The molecular weight excluding hydrogens is 368 g/mol. The molecule has 0 radical (unpaired) electrons. The van der Waals surface area contributed by atoms with Crippen LogP contribution in [-0.4, -0.2) is 16.3 Å². The number of fused-ring (bicyclic) bond motifs is 1. The Morgan fingerprint density at radius 3 is 2.67 bits per heavy atom. The number of carbonyl (C=O) groups excluding carboxylic acids is 1. The van der Waals surface area contributed by atoms with Crippen molar-refractivity contribution in [2.45, 2.75) is 19.3 Å². The van der Waals surface area contributed by atoms with E-state index in [1.807, 2.05) is 36.4 Å². The summed E-state index contributed by atoms with van der Waals surface area (Å²) in [6.45, 7) is 0. The summed E-state index contributed by atoms with van der Waals surface area (Å²) in [4.78, 5) is 12.0. The van der Waals surface area contributed by atoms with E-state index in [1.165, 1.54) is 0 Å². The fourth-order valence-electron chi connectivity index (χ4n) is 2.76. The minimum Gasteiger partial charge on any atom is -0.426 e. The second kappa shape index (κ2) is 7.63. The summed E-state index contributed by atoms with van der Waals surface area (Å²) in [6.07, 6.45) is 1.19. The molecular formula is C20H15ClN2O4. The van der Waals surface area contributed by atoms with Crippen molar-refractivity contribution >= 4 is 28.5 Å². The Kier molecular flexibility index (Phi) is 4.89. The molecule has 0 atom stereocenters. The van der Waals surface area contributed by atoms with Gasteiger partial charge in [0.15, 0.2) is 10.7 Å². The van der Waals surface area contributed by atoms with Crippen molar-refractivity contribution in [2.24, 2.45) is 0 Å². The van der Waals surface area contributed by atoms with Crippen molar-refractivity contribution in [3.63, 3.8) is 0 Å². The predicted molar refractivity (Wildman–Crippen MR) is 98.7 cm³/mol. The highest BCUT2D eigenvalue weighted by Gasteiger charge is 2.13. The molecule has 4 rings (SSSR count). The number of rotatable bonds is 6. The first-order chi connectivity index (χ1) is 13.2. The Morgan fingerprint density at radius 1 is 1.04 bits per heavy atom. The minimum absolute atomic E-state index is 0.152. The maximum absolute atomic E-state index is 12.0. The molecule has 0 unspecified atom stereocenters. The first-order valence-corrected chi connectivity index (χ1v) is 8.79. The van der Waals surface area contributed by atoms with Crippen LogP contribution >= 0.6 is 11.6 Å². The third-order valence-corrected chi connectivity index (χ3v) is 4.25. The Bertz CT molecular complexity index is 1070. The maximum atomic E-state index is 12.0. The second-order valence-corrected chi connectivity index (χ2v) is 6.43. The molecule has 2 heterocycles. The summed E-state index contributed by atoms with van der Waals surface area (Å²) in [7, 11) is 0. The summed E-state index contributed by atoms with van der Waals surface area (Å²) in [6, 6.07) is 16.9. The summed E-state index contributed by atoms with van der Waals surface area (Å²) < 4.78 is 15.7. The van der Waals surface area contributed by atoms with Gasteiger partial charge in [0.05, 0.1) is 12.1 Å². The topological polar surface area (TPSA) is 78.4 Å².